The van der Waals surface area contributed by atoms with Crippen molar-refractivity contribution in [2.75, 3.05) is 13.2 Å². The van der Waals surface area contributed by atoms with Crippen LogP contribution in [0.3, 0.4) is 0 Å². The average Bonchev–Trinajstić information content (AvgIpc) is 2.35. The standard InChI is InChI=1S/C16H26ClNO/c1-12(2)14-11-16(13(3)10-15(14)17)19-9-7-5-4-6-8-18/h10-12H,4-9,18H2,1-3H3. The minimum Gasteiger partial charge on any atom is -0.493 e. The lowest BCUT2D eigenvalue weighted by molar-refractivity contribution is 0.302. The van der Waals surface area contributed by atoms with Crippen LogP contribution >= 0.6 is 11.6 Å². The van der Waals surface area contributed by atoms with Crippen molar-refractivity contribution in [3.63, 3.8) is 0 Å². The number of hydrogen-bond donors (Lipinski definition) is 1. The first-order valence-corrected chi connectivity index (χ1v) is 7.57. The van der Waals surface area contributed by atoms with E-state index in [4.69, 9.17) is 22.1 Å². The molecule has 2 N–H and O–H groups in total. The summed E-state index contributed by atoms with van der Waals surface area (Å²) in [6.45, 7) is 7.89. The fraction of sp³-hybridized carbons (Fsp3) is 0.625. The van der Waals surface area contributed by atoms with E-state index in [0.29, 0.717) is 5.92 Å². The van der Waals surface area contributed by atoms with E-state index in [1.54, 1.807) is 0 Å². The predicted octanol–water partition coefficient (Wildman–Crippen LogP) is 4.67. The summed E-state index contributed by atoms with van der Waals surface area (Å²) in [4.78, 5) is 0. The van der Waals surface area contributed by atoms with E-state index in [0.717, 1.165) is 47.9 Å². The van der Waals surface area contributed by atoms with Crippen molar-refractivity contribution in [3.8, 4) is 5.75 Å². The Morgan fingerprint density at radius 3 is 2.47 bits per heavy atom. The molecule has 0 fully saturated rings. The highest BCUT2D eigenvalue weighted by molar-refractivity contribution is 6.31. The molecule has 0 aliphatic rings. The topological polar surface area (TPSA) is 35.2 Å². The Labute approximate surface area is 122 Å². The van der Waals surface area contributed by atoms with Gasteiger partial charge in [-0.1, -0.05) is 38.3 Å². The van der Waals surface area contributed by atoms with Gasteiger partial charge in [-0.05, 0) is 55.5 Å². The minimum atomic E-state index is 0.417. The summed E-state index contributed by atoms with van der Waals surface area (Å²) in [5.41, 5.74) is 7.74. The van der Waals surface area contributed by atoms with E-state index in [1.165, 1.54) is 12.8 Å². The fourth-order valence-electron chi connectivity index (χ4n) is 2.05. The molecule has 1 rings (SSSR count). The maximum Gasteiger partial charge on any atom is 0.122 e. The van der Waals surface area contributed by atoms with E-state index in [9.17, 15) is 0 Å². The molecular weight excluding hydrogens is 258 g/mol. The Morgan fingerprint density at radius 1 is 1.16 bits per heavy atom. The summed E-state index contributed by atoms with van der Waals surface area (Å²) in [6.07, 6.45) is 4.56. The van der Waals surface area contributed by atoms with Crippen molar-refractivity contribution >= 4 is 11.6 Å². The van der Waals surface area contributed by atoms with Gasteiger partial charge >= 0.3 is 0 Å². The van der Waals surface area contributed by atoms with Crippen LogP contribution in [0.15, 0.2) is 12.1 Å². The molecule has 1 aromatic carbocycles. The van der Waals surface area contributed by atoms with Gasteiger partial charge in [-0.25, -0.2) is 0 Å². The largest absolute Gasteiger partial charge is 0.493 e. The maximum absolute atomic E-state index is 6.25. The third-order valence-electron chi connectivity index (χ3n) is 3.27. The molecule has 2 nitrogen and oxygen atoms in total. The van der Waals surface area contributed by atoms with Gasteiger partial charge in [-0.3, -0.25) is 0 Å². The number of benzene rings is 1. The molecule has 0 heterocycles. The first kappa shape index (κ1) is 16.3. The lowest BCUT2D eigenvalue weighted by Crippen LogP contribution is -2.02. The molecule has 0 saturated carbocycles. The highest BCUT2D eigenvalue weighted by Gasteiger charge is 2.09. The zero-order valence-corrected chi connectivity index (χ0v) is 13.1. The Morgan fingerprint density at radius 2 is 1.84 bits per heavy atom. The van der Waals surface area contributed by atoms with Crippen LogP contribution in [-0.4, -0.2) is 13.2 Å². The second kappa shape index (κ2) is 8.44. The summed E-state index contributed by atoms with van der Waals surface area (Å²) in [7, 11) is 0. The number of unbranched alkanes of at least 4 members (excludes halogenated alkanes) is 3. The lowest BCUT2D eigenvalue weighted by atomic mass is 10.0. The summed E-state index contributed by atoms with van der Waals surface area (Å²) >= 11 is 6.25. The molecule has 3 heteroatoms. The van der Waals surface area contributed by atoms with Gasteiger partial charge in [-0.2, -0.15) is 0 Å². The van der Waals surface area contributed by atoms with Crippen molar-refractivity contribution in [2.45, 2.75) is 52.4 Å². The monoisotopic (exact) mass is 283 g/mol. The first-order chi connectivity index (χ1) is 9.06. The molecule has 0 spiro atoms. The van der Waals surface area contributed by atoms with Crippen molar-refractivity contribution in [2.24, 2.45) is 5.73 Å². The van der Waals surface area contributed by atoms with Crippen LogP contribution in [0, 0.1) is 6.92 Å². The van der Waals surface area contributed by atoms with Crippen LogP contribution in [0.5, 0.6) is 5.75 Å². The number of nitrogens with two attached hydrogens (primary N) is 1. The van der Waals surface area contributed by atoms with Crippen LogP contribution in [-0.2, 0) is 0 Å². The molecule has 1 aromatic rings. The predicted molar refractivity (Wildman–Crippen MR) is 83.3 cm³/mol. The van der Waals surface area contributed by atoms with Crippen molar-refractivity contribution < 1.29 is 4.74 Å². The summed E-state index contributed by atoms with van der Waals surface area (Å²) in [5, 5.41) is 0.836. The Balaban J connectivity index is 2.51. The zero-order chi connectivity index (χ0) is 14.3. The molecule has 108 valence electrons. The number of hydrogen-bond acceptors (Lipinski definition) is 2. The molecule has 0 unspecified atom stereocenters. The summed E-state index contributed by atoms with van der Waals surface area (Å²) in [5.74, 6) is 1.38. The normalized spacial score (nSPS) is 11.1. The SMILES string of the molecule is Cc1cc(Cl)c(C(C)C)cc1OCCCCCCN. The van der Waals surface area contributed by atoms with E-state index >= 15 is 0 Å². The van der Waals surface area contributed by atoms with Crippen LogP contribution in [0.2, 0.25) is 5.02 Å². The number of aryl methyl sites for hydroxylation is 1. The molecule has 0 radical (unpaired) electrons. The molecule has 0 saturated heterocycles. The summed E-state index contributed by atoms with van der Waals surface area (Å²) in [6, 6.07) is 4.09. The van der Waals surface area contributed by atoms with Crippen molar-refractivity contribution in [1.82, 2.24) is 0 Å². The van der Waals surface area contributed by atoms with Crippen molar-refractivity contribution in [3.05, 3.63) is 28.3 Å². The molecule has 0 aliphatic carbocycles. The van der Waals surface area contributed by atoms with Gasteiger partial charge < -0.3 is 10.5 Å². The van der Waals surface area contributed by atoms with Crippen LogP contribution in [0.4, 0.5) is 0 Å². The Bertz CT molecular complexity index is 391. The van der Waals surface area contributed by atoms with Gasteiger partial charge in [0.25, 0.3) is 0 Å². The van der Waals surface area contributed by atoms with Crippen LogP contribution < -0.4 is 10.5 Å². The molecular formula is C16H26ClNO. The minimum absolute atomic E-state index is 0.417. The highest BCUT2D eigenvalue weighted by Crippen LogP contribution is 2.31. The molecule has 19 heavy (non-hydrogen) atoms. The van der Waals surface area contributed by atoms with E-state index < -0.39 is 0 Å². The van der Waals surface area contributed by atoms with Crippen LogP contribution in [0.1, 0.15) is 56.6 Å². The van der Waals surface area contributed by atoms with Crippen molar-refractivity contribution in [1.29, 1.82) is 0 Å². The summed E-state index contributed by atoms with van der Waals surface area (Å²) < 4.78 is 5.87. The number of ether oxygens (including phenoxy) is 1. The molecule has 0 atom stereocenters. The van der Waals surface area contributed by atoms with Gasteiger partial charge in [0.1, 0.15) is 5.75 Å². The third kappa shape index (κ3) is 5.42. The highest BCUT2D eigenvalue weighted by atomic mass is 35.5. The fourth-order valence-corrected chi connectivity index (χ4v) is 2.49. The average molecular weight is 284 g/mol. The number of rotatable bonds is 8. The van der Waals surface area contributed by atoms with Gasteiger partial charge in [0, 0.05) is 5.02 Å². The second-order valence-corrected chi connectivity index (χ2v) is 5.75. The van der Waals surface area contributed by atoms with Gasteiger partial charge in [0.2, 0.25) is 0 Å². The van der Waals surface area contributed by atoms with Crippen LogP contribution in [0.25, 0.3) is 0 Å². The molecule has 0 aliphatic heterocycles. The van der Waals surface area contributed by atoms with Gasteiger partial charge in [0.15, 0.2) is 0 Å². The second-order valence-electron chi connectivity index (χ2n) is 5.35. The maximum atomic E-state index is 6.25. The molecule has 0 aromatic heterocycles. The van der Waals surface area contributed by atoms with E-state index in [-0.39, 0.29) is 0 Å². The smallest absolute Gasteiger partial charge is 0.122 e. The Kier molecular flexibility index (Phi) is 7.25. The van der Waals surface area contributed by atoms with Gasteiger partial charge in [-0.15, -0.1) is 0 Å². The zero-order valence-electron chi connectivity index (χ0n) is 12.3. The number of halogens is 1. The third-order valence-corrected chi connectivity index (χ3v) is 3.60. The Hall–Kier alpha value is -0.730. The lowest BCUT2D eigenvalue weighted by Gasteiger charge is -2.14. The van der Waals surface area contributed by atoms with E-state index in [2.05, 4.69) is 19.9 Å². The van der Waals surface area contributed by atoms with E-state index in [1.807, 2.05) is 13.0 Å². The first-order valence-electron chi connectivity index (χ1n) is 7.19. The molecule has 0 amide bonds. The van der Waals surface area contributed by atoms with Gasteiger partial charge in [0.05, 0.1) is 6.61 Å². The molecule has 0 bridgehead atoms. The quantitative estimate of drug-likeness (QED) is 0.704.